The van der Waals surface area contributed by atoms with Gasteiger partial charge in [-0.05, 0) is 13.8 Å². The fourth-order valence-electron chi connectivity index (χ4n) is 2.58. The molecule has 0 saturated heterocycles. The first-order chi connectivity index (χ1) is 12.9. The van der Waals surface area contributed by atoms with Gasteiger partial charge >= 0.3 is 0 Å². The molecule has 0 bridgehead atoms. The topological polar surface area (TPSA) is 31.2 Å². The van der Waals surface area contributed by atoms with Crippen LogP contribution in [-0.4, -0.2) is 45.5 Å². The Labute approximate surface area is 172 Å². The maximum atomic E-state index is 5.50. The molecule has 2 aromatic carbocycles. The number of benzene rings is 2. The summed E-state index contributed by atoms with van der Waals surface area (Å²) in [5.41, 5.74) is 3.81. The Bertz CT molecular complexity index is 774. The molecule has 0 atom stereocenters. The smallest absolute Gasteiger partial charge is 0.129 e. The third-order valence-electron chi connectivity index (χ3n) is 3.78. The van der Waals surface area contributed by atoms with E-state index < -0.39 is 0 Å². The minimum Gasteiger partial charge on any atom is -0.257 e. The lowest BCUT2D eigenvalue weighted by atomic mass is 10.2. The van der Waals surface area contributed by atoms with Crippen LogP contribution in [0.1, 0.15) is 31.4 Å². The van der Waals surface area contributed by atoms with Crippen molar-refractivity contribution < 1.29 is 0 Å². The first kappa shape index (κ1) is 20.9. The second kappa shape index (κ2) is 10.0. The lowest BCUT2D eigenvalue weighted by molar-refractivity contribution is 0.549. The van der Waals surface area contributed by atoms with Gasteiger partial charge < -0.3 is 0 Å². The molecule has 0 amide bonds. The number of hydrogen-bond acceptors (Lipinski definition) is 4. The van der Waals surface area contributed by atoms with E-state index in [1.807, 2.05) is 88.6 Å². The second-order valence-electron chi connectivity index (χ2n) is 6.24. The van der Waals surface area contributed by atoms with Crippen molar-refractivity contribution in [3.05, 3.63) is 71.8 Å². The molecule has 2 rings (SSSR count). The maximum absolute atomic E-state index is 5.50. The summed E-state index contributed by atoms with van der Waals surface area (Å²) in [6, 6.07) is 19.7. The summed E-state index contributed by atoms with van der Waals surface area (Å²) in [4.78, 5) is 1.37. The highest BCUT2D eigenvalue weighted by Crippen LogP contribution is 2.08. The summed E-state index contributed by atoms with van der Waals surface area (Å²) in [6.45, 7) is 3.94. The summed E-state index contributed by atoms with van der Waals surface area (Å²) in [5, 5.41) is 12.6. The van der Waals surface area contributed by atoms with Crippen LogP contribution in [0.15, 0.2) is 70.9 Å². The van der Waals surface area contributed by atoms with Gasteiger partial charge in [-0.2, -0.15) is 10.2 Å². The lowest BCUT2D eigenvalue weighted by Gasteiger charge is -2.17. The molecule has 0 aliphatic rings. The molecule has 6 heteroatoms. The number of hydrogen-bond donors (Lipinski definition) is 0. The monoisotopic (exact) mass is 396 g/mol. The molecule has 0 N–H and O–H groups in total. The van der Waals surface area contributed by atoms with Gasteiger partial charge in [-0.3, -0.25) is 10.0 Å². The summed E-state index contributed by atoms with van der Waals surface area (Å²) >= 11 is 11.0. The number of thiocarbonyl (C=S) groups is 2. The van der Waals surface area contributed by atoms with Gasteiger partial charge in [0.15, 0.2) is 0 Å². The third kappa shape index (κ3) is 6.34. The summed E-state index contributed by atoms with van der Waals surface area (Å²) in [7, 11) is 3.73. The van der Waals surface area contributed by atoms with Gasteiger partial charge in [0.25, 0.3) is 0 Å². The number of rotatable bonds is 6. The average Bonchev–Trinajstić information content (AvgIpc) is 2.67. The van der Waals surface area contributed by atoms with Gasteiger partial charge in [-0.1, -0.05) is 85.1 Å². The van der Waals surface area contributed by atoms with Crippen LogP contribution in [0.5, 0.6) is 0 Å². The molecule has 0 spiro atoms. The Morgan fingerprint density at radius 3 is 1.37 bits per heavy atom. The van der Waals surface area contributed by atoms with E-state index in [0.29, 0.717) is 16.4 Å². The van der Waals surface area contributed by atoms with E-state index >= 15 is 0 Å². The Morgan fingerprint density at radius 1 is 0.704 bits per heavy atom. The zero-order chi connectivity index (χ0) is 19.8. The Hall–Kier alpha value is -2.44. The SMILES string of the molecule is CC(CC(C)=NN(C)C(=S)c1ccccc1)=NN(C)C(=S)c1ccccc1. The van der Waals surface area contributed by atoms with Crippen molar-refractivity contribution >= 4 is 45.8 Å². The Kier molecular flexibility index (Phi) is 7.76. The molecule has 0 aliphatic carbocycles. The van der Waals surface area contributed by atoms with E-state index in [-0.39, 0.29) is 0 Å². The minimum atomic E-state index is 0.642. The van der Waals surface area contributed by atoms with Crippen molar-refractivity contribution in [2.45, 2.75) is 20.3 Å². The van der Waals surface area contributed by atoms with E-state index in [1.165, 1.54) is 0 Å². The Balaban J connectivity index is 2.00. The number of nitrogens with zero attached hydrogens (tertiary/aromatic N) is 4. The quantitative estimate of drug-likeness (QED) is 0.401. The second-order valence-corrected chi connectivity index (χ2v) is 7.01. The largest absolute Gasteiger partial charge is 0.257 e. The van der Waals surface area contributed by atoms with E-state index in [1.54, 1.807) is 10.0 Å². The fourth-order valence-corrected chi connectivity index (χ4v) is 2.93. The van der Waals surface area contributed by atoms with Gasteiger partial charge in [0.05, 0.1) is 0 Å². The fraction of sp³-hybridized carbons (Fsp3) is 0.238. The van der Waals surface area contributed by atoms with Crippen molar-refractivity contribution in [2.75, 3.05) is 14.1 Å². The summed E-state index contributed by atoms with van der Waals surface area (Å²) < 4.78 is 0. The molecular weight excluding hydrogens is 372 g/mol. The van der Waals surface area contributed by atoms with E-state index in [4.69, 9.17) is 24.4 Å². The van der Waals surface area contributed by atoms with Gasteiger partial charge in [-0.15, -0.1) is 0 Å². The van der Waals surface area contributed by atoms with Crippen LogP contribution in [0.4, 0.5) is 0 Å². The van der Waals surface area contributed by atoms with Gasteiger partial charge in [-0.25, -0.2) is 0 Å². The van der Waals surface area contributed by atoms with Crippen LogP contribution < -0.4 is 0 Å². The number of hydrazone groups is 2. The average molecular weight is 397 g/mol. The lowest BCUT2D eigenvalue weighted by Crippen LogP contribution is -2.23. The normalized spacial score (nSPS) is 11.9. The van der Waals surface area contributed by atoms with Crippen molar-refractivity contribution in [3.8, 4) is 0 Å². The van der Waals surface area contributed by atoms with Crippen LogP contribution in [0.2, 0.25) is 0 Å². The van der Waals surface area contributed by atoms with Crippen molar-refractivity contribution in [1.29, 1.82) is 0 Å². The molecule has 0 aliphatic heterocycles. The molecule has 27 heavy (non-hydrogen) atoms. The molecule has 4 nitrogen and oxygen atoms in total. The first-order valence-electron chi connectivity index (χ1n) is 8.63. The highest BCUT2D eigenvalue weighted by Gasteiger charge is 2.08. The van der Waals surface area contributed by atoms with Crippen molar-refractivity contribution in [1.82, 2.24) is 10.0 Å². The van der Waals surface area contributed by atoms with Gasteiger partial charge in [0.1, 0.15) is 9.98 Å². The molecule has 0 saturated carbocycles. The molecule has 0 radical (unpaired) electrons. The van der Waals surface area contributed by atoms with Crippen molar-refractivity contribution in [2.24, 2.45) is 10.2 Å². The van der Waals surface area contributed by atoms with Crippen molar-refractivity contribution in [3.63, 3.8) is 0 Å². The molecule has 0 unspecified atom stereocenters. The predicted molar refractivity (Wildman–Crippen MR) is 123 cm³/mol. The highest BCUT2D eigenvalue weighted by molar-refractivity contribution is 7.80. The molecule has 140 valence electrons. The van der Waals surface area contributed by atoms with Crippen LogP contribution in [0.25, 0.3) is 0 Å². The summed E-state index contributed by atoms with van der Waals surface area (Å²) in [5.74, 6) is 0. The van der Waals surface area contributed by atoms with Gasteiger partial charge in [0, 0.05) is 43.1 Å². The molecule has 2 aromatic rings. The molecule has 0 heterocycles. The highest BCUT2D eigenvalue weighted by atomic mass is 32.1. The predicted octanol–water partition coefficient (Wildman–Crippen LogP) is 4.74. The first-order valence-corrected chi connectivity index (χ1v) is 9.44. The minimum absolute atomic E-state index is 0.642. The van der Waals surface area contributed by atoms with Gasteiger partial charge in [0.2, 0.25) is 0 Å². The standard InChI is InChI=1S/C21H24N4S2/c1-16(22-24(3)20(26)18-11-7-5-8-12-18)15-17(2)23-25(4)21(27)19-13-9-6-10-14-19/h5-14H,15H2,1-4H3. The third-order valence-corrected chi connectivity index (χ3v) is 4.78. The van der Waals surface area contributed by atoms with E-state index in [2.05, 4.69) is 10.2 Å². The molecular formula is C21H24N4S2. The van der Waals surface area contributed by atoms with Crippen LogP contribution in [0, 0.1) is 0 Å². The molecule has 0 fully saturated rings. The zero-order valence-corrected chi connectivity index (χ0v) is 17.7. The molecule has 0 aromatic heterocycles. The summed E-state index contributed by atoms with van der Waals surface area (Å²) in [6.07, 6.45) is 0.642. The van der Waals surface area contributed by atoms with E-state index in [9.17, 15) is 0 Å². The van der Waals surface area contributed by atoms with Crippen LogP contribution >= 0.6 is 24.4 Å². The zero-order valence-electron chi connectivity index (χ0n) is 16.1. The van der Waals surface area contributed by atoms with Crippen LogP contribution in [0.3, 0.4) is 0 Å². The van der Waals surface area contributed by atoms with Crippen LogP contribution in [-0.2, 0) is 0 Å². The maximum Gasteiger partial charge on any atom is 0.129 e. The Morgan fingerprint density at radius 2 is 1.04 bits per heavy atom. The van der Waals surface area contributed by atoms with E-state index in [0.717, 1.165) is 22.6 Å².